The zero-order chi connectivity index (χ0) is 15.3. The fourth-order valence-electron chi connectivity index (χ4n) is 1.40. The van der Waals surface area contributed by atoms with Crippen molar-refractivity contribution < 1.29 is 14.3 Å². The summed E-state index contributed by atoms with van der Waals surface area (Å²) < 4.78 is 5.48. The number of hydrogen-bond acceptors (Lipinski definition) is 5. The fraction of sp³-hybridized carbons (Fsp3) is 0.308. The van der Waals surface area contributed by atoms with Gasteiger partial charge in [0.15, 0.2) is 0 Å². The number of carbonyl (C=O) groups is 2. The summed E-state index contributed by atoms with van der Waals surface area (Å²) in [4.78, 5) is 29.8. The van der Waals surface area contributed by atoms with Crippen molar-refractivity contribution in [2.24, 2.45) is 0 Å². The van der Waals surface area contributed by atoms with Crippen molar-refractivity contribution in [2.45, 2.75) is 6.92 Å². The van der Waals surface area contributed by atoms with Gasteiger partial charge in [-0.15, -0.1) is 0 Å². The second-order valence-corrected chi connectivity index (χ2v) is 5.32. The molecule has 108 valence electrons. The van der Waals surface area contributed by atoms with Gasteiger partial charge in [0.05, 0.1) is 12.2 Å². The molecule has 0 aliphatic carbocycles. The number of hydrogen-bond donors (Lipinski definition) is 0. The van der Waals surface area contributed by atoms with E-state index in [-0.39, 0.29) is 22.9 Å². The number of esters is 1. The maximum absolute atomic E-state index is 12.4. The van der Waals surface area contributed by atoms with Crippen LogP contribution in [0.15, 0.2) is 28.5 Å². The van der Waals surface area contributed by atoms with Crippen LogP contribution in [0.25, 0.3) is 0 Å². The normalized spacial score (nSPS) is 11.2. The Bertz CT molecular complexity index is 559. The summed E-state index contributed by atoms with van der Waals surface area (Å²) in [7, 11) is 3.40. The molecule has 20 heavy (non-hydrogen) atoms. The van der Waals surface area contributed by atoms with Gasteiger partial charge in [-0.3, -0.25) is 4.79 Å². The predicted octanol–water partition coefficient (Wildman–Crippen LogP) is 2.69. The molecule has 0 bridgehead atoms. The number of ether oxygens (including phenoxy) is 1. The van der Waals surface area contributed by atoms with E-state index in [0.29, 0.717) is 4.47 Å². The molecule has 0 spiro atoms. The third-order valence-corrected chi connectivity index (χ3v) is 2.91. The Morgan fingerprint density at radius 1 is 1.50 bits per heavy atom. The van der Waals surface area contributed by atoms with Crippen LogP contribution in [0.2, 0.25) is 5.15 Å². The predicted molar refractivity (Wildman–Crippen MR) is 79.7 cm³/mol. The van der Waals surface area contributed by atoms with E-state index in [4.69, 9.17) is 16.3 Å². The molecule has 1 rings (SSSR count). The first-order valence-corrected chi connectivity index (χ1v) is 6.95. The minimum Gasteiger partial charge on any atom is -0.462 e. The third-order valence-electron chi connectivity index (χ3n) is 2.18. The third kappa shape index (κ3) is 4.31. The van der Waals surface area contributed by atoms with Gasteiger partial charge < -0.3 is 9.64 Å². The second-order valence-electron chi connectivity index (χ2n) is 4.05. The molecule has 0 aromatic carbocycles. The molecular weight excluding hydrogens is 348 g/mol. The summed E-state index contributed by atoms with van der Waals surface area (Å²) >= 11 is 9.12. The van der Waals surface area contributed by atoms with Gasteiger partial charge in [-0.05, 0) is 28.9 Å². The summed E-state index contributed by atoms with van der Waals surface area (Å²) in [6.07, 6.45) is 2.87. The highest BCUT2D eigenvalue weighted by Crippen LogP contribution is 2.21. The van der Waals surface area contributed by atoms with Crippen LogP contribution in [0, 0.1) is 0 Å². The van der Waals surface area contributed by atoms with Crippen molar-refractivity contribution in [2.75, 3.05) is 20.7 Å². The van der Waals surface area contributed by atoms with Gasteiger partial charge >= 0.3 is 5.97 Å². The van der Waals surface area contributed by atoms with E-state index in [1.807, 2.05) is 0 Å². The van der Waals surface area contributed by atoms with Gasteiger partial charge in [-0.25, -0.2) is 9.78 Å². The number of nitrogens with zero attached hydrogens (tertiary/aromatic N) is 2. The number of Topliss-reactive ketones (excluding diaryl/α,β-unsaturated/α-hetero) is 1. The lowest BCUT2D eigenvalue weighted by molar-refractivity contribution is -0.138. The molecule has 0 atom stereocenters. The number of halogens is 2. The fourth-order valence-corrected chi connectivity index (χ4v) is 1.92. The first kappa shape index (κ1) is 16.7. The monoisotopic (exact) mass is 360 g/mol. The molecule has 0 radical (unpaired) electrons. The molecule has 0 fully saturated rings. The Morgan fingerprint density at radius 2 is 2.15 bits per heavy atom. The van der Waals surface area contributed by atoms with Gasteiger partial charge in [-0.1, -0.05) is 11.6 Å². The lowest BCUT2D eigenvalue weighted by Crippen LogP contribution is -2.20. The first-order valence-electron chi connectivity index (χ1n) is 5.78. The van der Waals surface area contributed by atoms with Crippen molar-refractivity contribution in [1.82, 2.24) is 9.88 Å². The van der Waals surface area contributed by atoms with E-state index in [1.165, 1.54) is 18.5 Å². The number of pyridine rings is 1. The van der Waals surface area contributed by atoms with E-state index < -0.39 is 11.8 Å². The standard InChI is InChI=1S/C13H14BrClN2O3/c1-4-20-13(19)10(7-17(2)3)11(18)9-5-8(14)6-16-12(9)15/h5-7H,4H2,1-3H3. The second kappa shape index (κ2) is 7.40. The summed E-state index contributed by atoms with van der Waals surface area (Å²) in [5.74, 6) is -1.22. The average molecular weight is 362 g/mol. The molecule has 0 saturated heterocycles. The van der Waals surface area contributed by atoms with Gasteiger partial charge in [-0.2, -0.15) is 0 Å². The van der Waals surface area contributed by atoms with E-state index in [2.05, 4.69) is 20.9 Å². The van der Waals surface area contributed by atoms with Crippen molar-refractivity contribution in [3.05, 3.63) is 39.2 Å². The van der Waals surface area contributed by atoms with Gasteiger partial charge in [0.1, 0.15) is 10.7 Å². The molecule has 1 aromatic heterocycles. The highest BCUT2D eigenvalue weighted by atomic mass is 79.9. The van der Waals surface area contributed by atoms with Crippen molar-refractivity contribution in [3.63, 3.8) is 0 Å². The zero-order valence-corrected chi connectivity index (χ0v) is 13.7. The summed E-state index contributed by atoms with van der Waals surface area (Å²) in [6, 6.07) is 1.51. The Labute approximate surface area is 130 Å². The molecule has 1 aromatic rings. The van der Waals surface area contributed by atoms with Gasteiger partial charge in [0.25, 0.3) is 0 Å². The highest BCUT2D eigenvalue weighted by molar-refractivity contribution is 9.10. The van der Waals surface area contributed by atoms with E-state index in [1.54, 1.807) is 25.9 Å². The van der Waals surface area contributed by atoms with Gasteiger partial charge in [0, 0.05) is 31.0 Å². The Morgan fingerprint density at radius 3 is 2.70 bits per heavy atom. The van der Waals surface area contributed by atoms with Crippen LogP contribution in [0.3, 0.4) is 0 Å². The van der Waals surface area contributed by atoms with E-state index in [9.17, 15) is 9.59 Å². The lowest BCUT2D eigenvalue weighted by atomic mass is 10.1. The summed E-state index contributed by atoms with van der Waals surface area (Å²) in [5, 5.41) is 0.0344. The average Bonchev–Trinajstić information content (AvgIpc) is 2.38. The van der Waals surface area contributed by atoms with Crippen LogP contribution in [-0.4, -0.2) is 42.3 Å². The molecule has 7 heteroatoms. The quantitative estimate of drug-likeness (QED) is 0.201. The molecule has 0 unspecified atom stereocenters. The van der Waals surface area contributed by atoms with E-state index in [0.717, 1.165) is 0 Å². The highest BCUT2D eigenvalue weighted by Gasteiger charge is 2.24. The number of carbonyl (C=O) groups excluding carboxylic acids is 2. The Kier molecular flexibility index (Phi) is 6.16. The SMILES string of the molecule is CCOC(=O)C(=CN(C)C)C(=O)c1cc(Br)cnc1Cl. The summed E-state index contributed by atoms with van der Waals surface area (Å²) in [5.41, 5.74) is 0.0424. The molecule has 0 amide bonds. The van der Waals surface area contributed by atoms with Crippen LogP contribution < -0.4 is 0 Å². The molecule has 0 aliphatic rings. The Hall–Kier alpha value is -1.40. The number of rotatable bonds is 5. The maximum atomic E-state index is 12.4. The summed E-state index contributed by atoms with van der Waals surface area (Å²) in [6.45, 7) is 1.85. The lowest BCUT2D eigenvalue weighted by Gasteiger charge is -2.11. The topological polar surface area (TPSA) is 59.5 Å². The van der Waals surface area contributed by atoms with Crippen LogP contribution in [0.5, 0.6) is 0 Å². The molecule has 0 N–H and O–H groups in total. The van der Waals surface area contributed by atoms with Crippen LogP contribution in [0.4, 0.5) is 0 Å². The minimum atomic E-state index is -0.692. The smallest absolute Gasteiger partial charge is 0.343 e. The molecule has 5 nitrogen and oxygen atoms in total. The largest absolute Gasteiger partial charge is 0.462 e. The Balaban J connectivity index is 3.24. The van der Waals surface area contributed by atoms with Crippen molar-refractivity contribution >= 4 is 39.3 Å². The van der Waals surface area contributed by atoms with Crippen LogP contribution >= 0.6 is 27.5 Å². The number of aromatic nitrogens is 1. The van der Waals surface area contributed by atoms with Crippen molar-refractivity contribution in [1.29, 1.82) is 0 Å². The van der Waals surface area contributed by atoms with Crippen molar-refractivity contribution in [3.8, 4) is 0 Å². The molecule has 1 heterocycles. The maximum Gasteiger partial charge on any atom is 0.343 e. The minimum absolute atomic E-state index is 0.0344. The molecule has 0 aliphatic heterocycles. The van der Waals surface area contributed by atoms with Crippen LogP contribution in [-0.2, 0) is 9.53 Å². The van der Waals surface area contributed by atoms with Crippen LogP contribution in [0.1, 0.15) is 17.3 Å². The van der Waals surface area contributed by atoms with E-state index >= 15 is 0 Å². The van der Waals surface area contributed by atoms with Gasteiger partial charge in [0.2, 0.25) is 5.78 Å². The zero-order valence-electron chi connectivity index (χ0n) is 11.3. The number of ketones is 1. The molecular formula is C13H14BrClN2O3. The first-order chi connectivity index (χ1) is 9.36. The molecule has 0 saturated carbocycles.